The van der Waals surface area contributed by atoms with Crippen LogP contribution in [0.3, 0.4) is 0 Å². The predicted octanol–water partition coefficient (Wildman–Crippen LogP) is 1.08. The average molecular weight is 312 g/mol. The lowest BCUT2D eigenvalue weighted by Gasteiger charge is -2.11. The van der Waals surface area contributed by atoms with E-state index in [1.54, 1.807) is 12.1 Å². The molecule has 21 heavy (non-hydrogen) atoms. The van der Waals surface area contributed by atoms with E-state index in [-0.39, 0.29) is 36.2 Å². The number of carbonyl (C=O) groups excluding carboxylic acids is 2. The van der Waals surface area contributed by atoms with Gasteiger partial charge in [-0.1, -0.05) is 18.2 Å². The van der Waals surface area contributed by atoms with Crippen molar-refractivity contribution in [3.63, 3.8) is 0 Å². The first-order valence-corrected chi connectivity index (χ1v) is 7.03. The van der Waals surface area contributed by atoms with E-state index in [0.29, 0.717) is 18.7 Å². The number of hydrogen-bond acceptors (Lipinski definition) is 3. The van der Waals surface area contributed by atoms with Crippen LogP contribution in [-0.2, 0) is 4.79 Å². The van der Waals surface area contributed by atoms with E-state index in [4.69, 9.17) is 5.73 Å². The molecule has 4 N–H and O–H groups in total. The lowest BCUT2D eigenvalue weighted by Crippen LogP contribution is -2.37. The van der Waals surface area contributed by atoms with Crippen LogP contribution in [0.5, 0.6) is 0 Å². The predicted molar refractivity (Wildman–Crippen MR) is 84.3 cm³/mol. The highest BCUT2D eigenvalue weighted by Crippen LogP contribution is 2.23. The number of amides is 2. The quantitative estimate of drug-likeness (QED) is 0.712. The van der Waals surface area contributed by atoms with Crippen molar-refractivity contribution in [2.24, 2.45) is 11.7 Å². The largest absolute Gasteiger partial charge is 0.354 e. The molecule has 0 radical (unpaired) electrons. The summed E-state index contributed by atoms with van der Waals surface area (Å²) in [5.41, 5.74) is 6.41. The third-order valence-electron chi connectivity index (χ3n) is 3.59. The molecule has 0 bridgehead atoms. The number of nitrogens with one attached hydrogen (secondary N) is 2. The molecule has 5 nitrogen and oxygen atoms in total. The minimum absolute atomic E-state index is 0. The third kappa shape index (κ3) is 5.36. The molecule has 1 aromatic carbocycles. The minimum atomic E-state index is -0.122. The Morgan fingerprint density at radius 3 is 2.38 bits per heavy atom. The fourth-order valence-corrected chi connectivity index (χ4v) is 2.45. The van der Waals surface area contributed by atoms with Gasteiger partial charge in [0.2, 0.25) is 5.91 Å². The van der Waals surface area contributed by atoms with Gasteiger partial charge in [0.1, 0.15) is 0 Å². The Hall–Kier alpha value is -1.59. The molecule has 2 atom stereocenters. The highest BCUT2D eigenvalue weighted by molar-refractivity contribution is 5.94. The molecule has 1 aliphatic rings. The van der Waals surface area contributed by atoms with Gasteiger partial charge in [-0.3, -0.25) is 9.59 Å². The van der Waals surface area contributed by atoms with Gasteiger partial charge in [-0.2, -0.15) is 0 Å². The lowest BCUT2D eigenvalue weighted by molar-refractivity contribution is -0.124. The Morgan fingerprint density at radius 2 is 1.76 bits per heavy atom. The van der Waals surface area contributed by atoms with Crippen LogP contribution in [0.25, 0.3) is 0 Å². The van der Waals surface area contributed by atoms with E-state index >= 15 is 0 Å². The van der Waals surface area contributed by atoms with Crippen molar-refractivity contribution in [2.75, 3.05) is 13.1 Å². The minimum Gasteiger partial charge on any atom is -0.354 e. The molecule has 1 aromatic rings. The Kier molecular flexibility index (Phi) is 7.19. The van der Waals surface area contributed by atoms with Gasteiger partial charge in [0.25, 0.3) is 5.91 Å². The number of nitrogens with two attached hydrogens (primary N) is 1. The molecule has 1 saturated carbocycles. The Bertz CT molecular complexity index is 467. The Labute approximate surface area is 131 Å². The van der Waals surface area contributed by atoms with Crippen molar-refractivity contribution < 1.29 is 9.59 Å². The highest BCUT2D eigenvalue weighted by Gasteiger charge is 2.27. The number of hydrogen-bond donors (Lipinski definition) is 3. The first kappa shape index (κ1) is 17.5. The lowest BCUT2D eigenvalue weighted by atomic mass is 10.1. The van der Waals surface area contributed by atoms with E-state index in [1.807, 2.05) is 18.2 Å². The van der Waals surface area contributed by atoms with Gasteiger partial charge in [-0.25, -0.2) is 0 Å². The summed E-state index contributed by atoms with van der Waals surface area (Å²) in [5.74, 6) is -0.0375. The van der Waals surface area contributed by atoms with Crippen molar-refractivity contribution in [2.45, 2.75) is 25.3 Å². The average Bonchev–Trinajstić information content (AvgIpc) is 2.91. The molecule has 0 saturated heterocycles. The van der Waals surface area contributed by atoms with E-state index in [1.165, 1.54) is 0 Å². The Balaban J connectivity index is 0.00000220. The molecule has 0 aliphatic heterocycles. The molecule has 2 rings (SSSR count). The van der Waals surface area contributed by atoms with Gasteiger partial charge >= 0.3 is 0 Å². The maximum absolute atomic E-state index is 11.8. The van der Waals surface area contributed by atoms with Crippen LogP contribution in [-0.4, -0.2) is 30.9 Å². The van der Waals surface area contributed by atoms with Crippen molar-refractivity contribution in [1.82, 2.24) is 10.6 Å². The molecular weight excluding hydrogens is 290 g/mol. The van der Waals surface area contributed by atoms with Crippen molar-refractivity contribution in [1.29, 1.82) is 0 Å². The first-order chi connectivity index (χ1) is 9.66. The second-order valence-corrected chi connectivity index (χ2v) is 5.18. The standard InChI is InChI=1S/C15H21N3O2.ClH/c16-13-7-6-12(10-13)15(20)18-9-8-17-14(19)11-4-2-1-3-5-11;/h1-5,12-13H,6-10,16H2,(H,17,19)(H,18,20);1H. The normalized spacial score (nSPS) is 20.4. The van der Waals surface area contributed by atoms with E-state index < -0.39 is 0 Å². The van der Waals surface area contributed by atoms with Crippen LogP contribution in [0.15, 0.2) is 30.3 Å². The molecule has 1 fully saturated rings. The summed E-state index contributed by atoms with van der Waals surface area (Å²) >= 11 is 0. The molecule has 0 spiro atoms. The number of carbonyl (C=O) groups is 2. The summed E-state index contributed by atoms with van der Waals surface area (Å²) in [6.07, 6.45) is 2.55. The van der Waals surface area contributed by atoms with Gasteiger partial charge in [-0.05, 0) is 31.4 Å². The smallest absolute Gasteiger partial charge is 0.251 e. The SMILES string of the molecule is Cl.NC1CCC(C(=O)NCCNC(=O)c2ccccc2)C1. The van der Waals surface area contributed by atoms with Gasteiger partial charge in [0.05, 0.1) is 0 Å². The van der Waals surface area contributed by atoms with E-state index in [0.717, 1.165) is 19.3 Å². The molecule has 0 aromatic heterocycles. The fourth-order valence-electron chi connectivity index (χ4n) is 2.45. The second-order valence-electron chi connectivity index (χ2n) is 5.18. The summed E-state index contributed by atoms with van der Waals surface area (Å²) in [6.45, 7) is 0.876. The number of benzene rings is 1. The molecule has 1 aliphatic carbocycles. The van der Waals surface area contributed by atoms with Gasteiger partial charge in [-0.15, -0.1) is 12.4 Å². The first-order valence-electron chi connectivity index (χ1n) is 7.03. The van der Waals surface area contributed by atoms with Crippen LogP contribution < -0.4 is 16.4 Å². The van der Waals surface area contributed by atoms with Crippen LogP contribution in [0.4, 0.5) is 0 Å². The van der Waals surface area contributed by atoms with Crippen LogP contribution in [0.1, 0.15) is 29.6 Å². The molecule has 2 unspecified atom stereocenters. The molecule has 6 heteroatoms. The fraction of sp³-hybridized carbons (Fsp3) is 0.467. The van der Waals surface area contributed by atoms with Gasteiger partial charge in [0.15, 0.2) is 0 Å². The van der Waals surface area contributed by atoms with Crippen molar-refractivity contribution >= 4 is 24.2 Å². The summed E-state index contributed by atoms with van der Waals surface area (Å²) in [6, 6.07) is 9.17. The summed E-state index contributed by atoms with van der Waals surface area (Å²) in [5, 5.41) is 5.62. The molecule has 116 valence electrons. The molecular formula is C15H22ClN3O2. The van der Waals surface area contributed by atoms with E-state index in [2.05, 4.69) is 10.6 Å². The van der Waals surface area contributed by atoms with Crippen LogP contribution in [0, 0.1) is 5.92 Å². The van der Waals surface area contributed by atoms with Gasteiger partial charge in [0, 0.05) is 30.6 Å². The molecule has 0 heterocycles. The molecule has 2 amide bonds. The zero-order chi connectivity index (χ0) is 14.4. The monoisotopic (exact) mass is 311 g/mol. The third-order valence-corrected chi connectivity index (χ3v) is 3.59. The van der Waals surface area contributed by atoms with Crippen LogP contribution >= 0.6 is 12.4 Å². The summed E-state index contributed by atoms with van der Waals surface area (Å²) < 4.78 is 0. The maximum atomic E-state index is 11.8. The number of halogens is 1. The van der Waals surface area contributed by atoms with Gasteiger partial charge < -0.3 is 16.4 Å². The Morgan fingerprint density at radius 1 is 1.10 bits per heavy atom. The number of rotatable bonds is 5. The zero-order valence-corrected chi connectivity index (χ0v) is 12.7. The van der Waals surface area contributed by atoms with Crippen molar-refractivity contribution in [3.05, 3.63) is 35.9 Å². The maximum Gasteiger partial charge on any atom is 0.251 e. The highest BCUT2D eigenvalue weighted by atomic mass is 35.5. The zero-order valence-electron chi connectivity index (χ0n) is 11.9. The van der Waals surface area contributed by atoms with Crippen molar-refractivity contribution in [3.8, 4) is 0 Å². The summed E-state index contributed by atoms with van der Waals surface area (Å²) in [4.78, 5) is 23.6. The summed E-state index contributed by atoms with van der Waals surface area (Å²) in [7, 11) is 0. The van der Waals surface area contributed by atoms with Crippen LogP contribution in [0.2, 0.25) is 0 Å². The second kappa shape index (κ2) is 8.64. The topological polar surface area (TPSA) is 84.2 Å². The van der Waals surface area contributed by atoms with E-state index in [9.17, 15) is 9.59 Å².